The molecule has 1 aliphatic heterocycles. The Bertz CT molecular complexity index is 537. The Morgan fingerprint density at radius 2 is 2.00 bits per heavy atom. The fourth-order valence-corrected chi connectivity index (χ4v) is 3.31. The van der Waals surface area contributed by atoms with E-state index >= 15 is 0 Å². The molecule has 20 heavy (non-hydrogen) atoms. The fraction of sp³-hybridized carbons (Fsp3) is 0.500. The minimum atomic E-state index is -0.613. The lowest BCUT2D eigenvalue weighted by Crippen LogP contribution is -2.34. The molecule has 1 unspecified atom stereocenters. The molecule has 1 aromatic rings. The van der Waals surface area contributed by atoms with Gasteiger partial charge in [0.15, 0.2) is 0 Å². The van der Waals surface area contributed by atoms with Gasteiger partial charge in [-0.15, -0.1) is 0 Å². The van der Waals surface area contributed by atoms with E-state index in [1.807, 2.05) is 23.6 Å². The highest BCUT2D eigenvalue weighted by molar-refractivity contribution is 7.99. The highest BCUT2D eigenvalue weighted by atomic mass is 32.2. The molecule has 1 atom stereocenters. The normalized spacial score (nSPS) is 19.4. The Morgan fingerprint density at radius 3 is 2.65 bits per heavy atom. The Hall–Kier alpha value is -1.83. The van der Waals surface area contributed by atoms with Gasteiger partial charge in [-0.3, -0.25) is 20.2 Å². The maximum atomic E-state index is 11.2. The van der Waals surface area contributed by atoms with Crippen LogP contribution in [-0.2, 0) is 0 Å². The van der Waals surface area contributed by atoms with Crippen molar-refractivity contribution in [2.45, 2.75) is 19.4 Å². The largest absolute Gasteiger partial charge is 0.362 e. The second-order valence-electron chi connectivity index (χ2n) is 4.63. The van der Waals surface area contributed by atoms with E-state index in [4.69, 9.17) is 0 Å². The monoisotopic (exact) mass is 297 g/mol. The van der Waals surface area contributed by atoms with Crippen LogP contribution in [0.2, 0.25) is 0 Å². The van der Waals surface area contributed by atoms with E-state index in [2.05, 4.69) is 0 Å². The lowest BCUT2D eigenvalue weighted by molar-refractivity contribution is -0.393. The van der Waals surface area contributed by atoms with E-state index in [-0.39, 0.29) is 17.4 Å². The second-order valence-corrected chi connectivity index (χ2v) is 5.86. The van der Waals surface area contributed by atoms with Crippen LogP contribution in [0.3, 0.4) is 0 Å². The fourth-order valence-electron chi connectivity index (χ4n) is 2.27. The third kappa shape index (κ3) is 3.01. The van der Waals surface area contributed by atoms with Crippen molar-refractivity contribution < 1.29 is 9.85 Å². The molecule has 0 aliphatic carbocycles. The van der Waals surface area contributed by atoms with Crippen molar-refractivity contribution >= 4 is 28.8 Å². The van der Waals surface area contributed by atoms with E-state index in [1.54, 1.807) is 0 Å². The van der Waals surface area contributed by atoms with Crippen LogP contribution < -0.4 is 4.90 Å². The average Bonchev–Trinajstić information content (AvgIpc) is 2.62. The highest BCUT2D eigenvalue weighted by Crippen LogP contribution is 2.34. The summed E-state index contributed by atoms with van der Waals surface area (Å²) in [5.74, 6) is 1.93. The maximum Gasteiger partial charge on any atom is 0.299 e. The highest BCUT2D eigenvalue weighted by Gasteiger charge is 2.27. The van der Waals surface area contributed by atoms with Gasteiger partial charge in [0.25, 0.3) is 11.4 Å². The van der Waals surface area contributed by atoms with Gasteiger partial charge in [0.2, 0.25) is 0 Å². The summed E-state index contributed by atoms with van der Waals surface area (Å²) in [4.78, 5) is 22.7. The first-order valence-electron chi connectivity index (χ1n) is 6.28. The van der Waals surface area contributed by atoms with Crippen LogP contribution in [0.1, 0.15) is 13.3 Å². The standard InChI is InChI=1S/C12H15N3O4S/c1-9-4-6-20-7-5-13(9)11-3-2-10(14(16)17)8-12(11)15(18)19/h2-3,8-9H,4-7H2,1H3. The molecule has 1 saturated heterocycles. The molecule has 0 N–H and O–H groups in total. The molecule has 2 rings (SSSR count). The first-order chi connectivity index (χ1) is 9.50. The number of non-ortho nitro benzene ring substituents is 1. The predicted octanol–water partition coefficient (Wildman–Crippen LogP) is 2.83. The van der Waals surface area contributed by atoms with Gasteiger partial charge in [-0.25, -0.2) is 0 Å². The van der Waals surface area contributed by atoms with Crippen LogP contribution in [0.5, 0.6) is 0 Å². The molecule has 1 aromatic carbocycles. The summed E-state index contributed by atoms with van der Waals surface area (Å²) in [6.45, 7) is 2.74. The SMILES string of the molecule is CC1CCSCCN1c1ccc([N+](=O)[O-])cc1[N+](=O)[O-]. The van der Waals surface area contributed by atoms with Crippen LogP contribution in [0.25, 0.3) is 0 Å². The molecular formula is C12H15N3O4S. The van der Waals surface area contributed by atoms with E-state index in [1.165, 1.54) is 12.1 Å². The molecule has 0 amide bonds. The summed E-state index contributed by atoms with van der Waals surface area (Å²) < 4.78 is 0. The molecule has 0 aromatic heterocycles. The molecule has 1 heterocycles. The zero-order valence-corrected chi connectivity index (χ0v) is 11.8. The zero-order chi connectivity index (χ0) is 14.7. The number of nitrogens with zero attached hydrogens (tertiary/aromatic N) is 3. The predicted molar refractivity (Wildman–Crippen MR) is 78.5 cm³/mol. The average molecular weight is 297 g/mol. The smallest absolute Gasteiger partial charge is 0.299 e. The number of hydrogen-bond donors (Lipinski definition) is 0. The lowest BCUT2D eigenvalue weighted by atomic mass is 10.1. The van der Waals surface area contributed by atoms with E-state index in [0.717, 1.165) is 24.0 Å². The van der Waals surface area contributed by atoms with Crippen molar-refractivity contribution in [3.8, 4) is 0 Å². The number of rotatable bonds is 3. The number of nitro groups is 2. The summed E-state index contributed by atoms with van der Waals surface area (Å²) in [5, 5.41) is 21.9. The quantitative estimate of drug-likeness (QED) is 0.629. The summed E-state index contributed by atoms with van der Waals surface area (Å²) in [6.07, 6.45) is 0.943. The van der Waals surface area contributed by atoms with E-state index in [0.29, 0.717) is 12.2 Å². The third-order valence-electron chi connectivity index (χ3n) is 3.36. The molecule has 1 fully saturated rings. The van der Waals surface area contributed by atoms with Gasteiger partial charge < -0.3 is 4.90 Å². The topological polar surface area (TPSA) is 89.5 Å². The first-order valence-corrected chi connectivity index (χ1v) is 7.43. The maximum absolute atomic E-state index is 11.2. The van der Waals surface area contributed by atoms with Crippen molar-refractivity contribution in [2.75, 3.05) is 23.0 Å². The number of hydrogen-bond acceptors (Lipinski definition) is 6. The van der Waals surface area contributed by atoms with Gasteiger partial charge in [0.1, 0.15) is 5.69 Å². The summed E-state index contributed by atoms with van der Waals surface area (Å²) in [6, 6.07) is 4.04. The molecule has 0 spiro atoms. The van der Waals surface area contributed by atoms with E-state index < -0.39 is 9.85 Å². The van der Waals surface area contributed by atoms with Gasteiger partial charge >= 0.3 is 0 Å². The molecule has 7 nitrogen and oxygen atoms in total. The summed E-state index contributed by atoms with van der Waals surface area (Å²) >= 11 is 1.82. The zero-order valence-electron chi connectivity index (χ0n) is 11.0. The van der Waals surface area contributed by atoms with Crippen molar-refractivity contribution in [2.24, 2.45) is 0 Å². The number of nitro benzene ring substituents is 2. The van der Waals surface area contributed by atoms with Crippen LogP contribution in [0.4, 0.5) is 17.1 Å². The summed E-state index contributed by atoms with van der Waals surface area (Å²) in [7, 11) is 0. The molecule has 0 saturated carbocycles. The minimum absolute atomic E-state index is 0.185. The molecule has 108 valence electrons. The number of anilines is 1. The van der Waals surface area contributed by atoms with Crippen LogP contribution >= 0.6 is 11.8 Å². The van der Waals surface area contributed by atoms with Gasteiger partial charge in [-0.05, 0) is 25.2 Å². The summed E-state index contributed by atoms with van der Waals surface area (Å²) in [5.41, 5.74) is 0.0193. The molecule has 1 aliphatic rings. The van der Waals surface area contributed by atoms with Gasteiger partial charge in [-0.2, -0.15) is 11.8 Å². The Morgan fingerprint density at radius 1 is 1.25 bits per heavy atom. The minimum Gasteiger partial charge on any atom is -0.362 e. The van der Waals surface area contributed by atoms with Gasteiger partial charge in [0.05, 0.1) is 15.9 Å². The Kier molecular flexibility index (Phi) is 4.43. The first kappa shape index (κ1) is 14.6. The van der Waals surface area contributed by atoms with Gasteiger partial charge in [-0.1, -0.05) is 0 Å². The number of benzene rings is 1. The second kappa shape index (κ2) is 6.08. The van der Waals surface area contributed by atoms with Crippen molar-refractivity contribution in [3.63, 3.8) is 0 Å². The Balaban J connectivity index is 2.43. The molecule has 8 heteroatoms. The van der Waals surface area contributed by atoms with Crippen LogP contribution in [0, 0.1) is 20.2 Å². The molecule has 0 bridgehead atoms. The van der Waals surface area contributed by atoms with Crippen molar-refractivity contribution in [1.29, 1.82) is 0 Å². The van der Waals surface area contributed by atoms with Crippen molar-refractivity contribution in [3.05, 3.63) is 38.4 Å². The lowest BCUT2D eigenvalue weighted by Gasteiger charge is -2.28. The molecule has 0 radical (unpaired) electrons. The van der Waals surface area contributed by atoms with Crippen LogP contribution in [-0.4, -0.2) is 33.9 Å². The Labute approximate surface area is 120 Å². The number of thioether (sulfide) groups is 1. The molecular weight excluding hydrogens is 282 g/mol. The van der Waals surface area contributed by atoms with Gasteiger partial charge in [0, 0.05) is 24.4 Å². The van der Waals surface area contributed by atoms with Crippen LogP contribution in [0.15, 0.2) is 18.2 Å². The van der Waals surface area contributed by atoms with E-state index in [9.17, 15) is 20.2 Å². The third-order valence-corrected chi connectivity index (χ3v) is 4.36. The van der Waals surface area contributed by atoms with Crippen molar-refractivity contribution in [1.82, 2.24) is 0 Å².